The second kappa shape index (κ2) is 7.75. The van der Waals surface area contributed by atoms with E-state index in [1.165, 1.54) is 5.56 Å². The molecule has 7 nitrogen and oxygen atoms in total. The normalized spacial score (nSPS) is 17.1. The van der Waals surface area contributed by atoms with Crippen LogP contribution in [0.2, 0.25) is 0 Å². The highest BCUT2D eigenvalue weighted by atomic mass is 16.2. The van der Waals surface area contributed by atoms with Crippen molar-refractivity contribution >= 4 is 34.4 Å². The fourth-order valence-electron chi connectivity index (χ4n) is 4.58. The van der Waals surface area contributed by atoms with E-state index in [0.29, 0.717) is 37.3 Å². The van der Waals surface area contributed by atoms with Crippen LogP contribution in [0.1, 0.15) is 33.2 Å². The number of benzene rings is 2. The van der Waals surface area contributed by atoms with Crippen LogP contribution in [-0.2, 0) is 4.79 Å². The van der Waals surface area contributed by atoms with Gasteiger partial charge in [0.2, 0.25) is 5.91 Å². The third kappa shape index (κ3) is 3.21. The van der Waals surface area contributed by atoms with Gasteiger partial charge in [-0.25, -0.2) is 4.98 Å². The molecule has 3 amide bonds. The predicted molar refractivity (Wildman–Crippen MR) is 122 cm³/mol. The first-order valence-electron chi connectivity index (χ1n) is 10.8. The van der Waals surface area contributed by atoms with Gasteiger partial charge >= 0.3 is 0 Å². The number of pyridine rings is 1. The molecular formula is C25H24N4O3. The topological polar surface area (TPSA) is 73.8 Å². The molecule has 5 rings (SSSR count). The lowest BCUT2D eigenvalue weighted by Crippen LogP contribution is -2.55. The van der Waals surface area contributed by atoms with Gasteiger partial charge in [-0.1, -0.05) is 30.3 Å². The zero-order chi connectivity index (χ0) is 22.4. The summed E-state index contributed by atoms with van der Waals surface area (Å²) in [6.07, 6.45) is 0. The summed E-state index contributed by atoms with van der Waals surface area (Å²) in [5, 5.41) is 1.14. The number of hydrogen-bond donors (Lipinski definition) is 0. The van der Waals surface area contributed by atoms with E-state index < -0.39 is 17.9 Å². The number of hydrogen-bond acceptors (Lipinski definition) is 5. The average molecular weight is 428 g/mol. The summed E-state index contributed by atoms with van der Waals surface area (Å²) in [5.74, 6) is -0.106. The smallest absolute Gasteiger partial charge is 0.262 e. The fourth-order valence-corrected chi connectivity index (χ4v) is 4.58. The van der Waals surface area contributed by atoms with Crippen molar-refractivity contribution in [2.75, 3.05) is 31.1 Å². The van der Waals surface area contributed by atoms with E-state index in [1.807, 2.05) is 18.2 Å². The quantitative estimate of drug-likeness (QED) is 0.600. The van der Waals surface area contributed by atoms with Gasteiger partial charge in [0.1, 0.15) is 11.9 Å². The molecule has 0 spiro atoms. The van der Waals surface area contributed by atoms with Crippen molar-refractivity contribution in [1.29, 1.82) is 0 Å². The number of amides is 3. The van der Waals surface area contributed by atoms with Gasteiger partial charge in [0.05, 0.1) is 16.6 Å². The monoisotopic (exact) mass is 428 g/mol. The molecule has 0 saturated carbocycles. The minimum Gasteiger partial charge on any atom is -0.353 e. The van der Waals surface area contributed by atoms with Gasteiger partial charge < -0.3 is 9.80 Å². The van der Waals surface area contributed by atoms with Crippen molar-refractivity contribution in [3.63, 3.8) is 0 Å². The summed E-state index contributed by atoms with van der Waals surface area (Å²) in [7, 11) is 0. The third-order valence-electron chi connectivity index (χ3n) is 6.40. The Morgan fingerprint density at radius 1 is 0.906 bits per heavy atom. The van der Waals surface area contributed by atoms with Crippen molar-refractivity contribution in [2.45, 2.75) is 19.9 Å². The maximum atomic E-state index is 13.1. The summed E-state index contributed by atoms with van der Waals surface area (Å²) >= 11 is 0. The molecule has 1 unspecified atom stereocenters. The number of carbonyl (C=O) groups is 3. The zero-order valence-corrected chi connectivity index (χ0v) is 18.1. The van der Waals surface area contributed by atoms with Crippen LogP contribution in [0, 0.1) is 6.92 Å². The summed E-state index contributed by atoms with van der Waals surface area (Å²) in [6, 6.07) is 16.0. The molecule has 1 saturated heterocycles. The Morgan fingerprint density at radius 2 is 1.50 bits per heavy atom. The average Bonchev–Trinajstić information content (AvgIpc) is 3.08. The molecule has 0 N–H and O–H groups in total. The van der Waals surface area contributed by atoms with E-state index in [9.17, 15) is 14.4 Å². The Hall–Kier alpha value is -3.74. The third-order valence-corrected chi connectivity index (χ3v) is 6.40. The molecule has 3 heterocycles. The Morgan fingerprint density at radius 3 is 2.16 bits per heavy atom. The first kappa shape index (κ1) is 20.2. The second-order valence-electron chi connectivity index (χ2n) is 8.33. The number of imide groups is 1. The number of nitrogens with zero attached hydrogens (tertiary/aromatic N) is 4. The molecule has 1 fully saturated rings. The number of carbonyl (C=O) groups excluding carboxylic acids is 3. The van der Waals surface area contributed by atoms with Crippen molar-refractivity contribution in [3.8, 4) is 0 Å². The molecule has 32 heavy (non-hydrogen) atoms. The number of aryl methyl sites for hydroxylation is 1. The molecule has 1 aromatic heterocycles. The summed E-state index contributed by atoms with van der Waals surface area (Å²) in [5.41, 5.74) is 2.85. The summed E-state index contributed by atoms with van der Waals surface area (Å²) in [6.45, 7) is 6.03. The first-order valence-corrected chi connectivity index (χ1v) is 10.8. The molecule has 0 aliphatic carbocycles. The molecule has 3 aromatic rings. The van der Waals surface area contributed by atoms with Crippen LogP contribution in [0.25, 0.3) is 10.9 Å². The van der Waals surface area contributed by atoms with Crippen LogP contribution in [0.15, 0.2) is 54.6 Å². The van der Waals surface area contributed by atoms with Crippen molar-refractivity contribution in [3.05, 3.63) is 71.3 Å². The largest absolute Gasteiger partial charge is 0.353 e. The van der Waals surface area contributed by atoms with E-state index >= 15 is 0 Å². The highest BCUT2D eigenvalue weighted by Crippen LogP contribution is 2.26. The van der Waals surface area contributed by atoms with Gasteiger partial charge in [-0.05, 0) is 43.7 Å². The lowest BCUT2D eigenvalue weighted by Gasteiger charge is -2.37. The van der Waals surface area contributed by atoms with Gasteiger partial charge in [-0.2, -0.15) is 0 Å². The van der Waals surface area contributed by atoms with E-state index in [1.54, 1.807) is 36.1 Å². The Balaban J connectivity index is 1.28. The molecule has 7 heteroatoms. The maximum absolute atomic E-state index is 13.1. The molecule has 2 aromatic carbocycles. The minimum absolute atomic E-state index is 0.207. The van der Waals surface area contributed by atoms with E-state index in [0.717, 1.165) is 21.6 Å². The van der Waals surface area contributed by atoms with Gasteiger partial charge in [-0.15, -0.1) is 0 Å². The number of anilines is 1. The van der Waals surface area contributed by atoms with E-state index in [4.69, 9.17) is 4.98 Å². The van der Waals surface area contributed by atoms with Crippen LogP contribution in [0.4, 0.5) is 5.82 Å². The van der Waals surface area contributed by atoms with Crippen LogP contribution in [-0.4, -0.2) is 64.7 Å². The van der Waals surface area contributed by atoms with Gasteiger partial charge in [-0.3, -0.25) is 19.3 Å². The standard InChI is InChI=1S/C25H24N4O3/c1-16-15-22(26-21-10-6-5-7-18(16)21)27-11-13-28(14-12-27)23(30)17(2)29-24(31)19-8-3-4-9-20(19)25(29)32/h3-10,15,17H,11-14H2,1-2H3. The number of fused-ring (bicyclic) bond motifs is 2. The molecular weight excluding hydrogens is 404 g/mol. The SMILES string of the molecule is Cc1cc(N2CCN(C(=O)C(C)N3C(=O)c4ccccc4C3=O)CC2)nc2ccccc12. The van der Waals surface area contributed by atoms with Gasteiger partial charge in [0, 0.05) is 31.6 Å². The van der Waals surface area contributed by atoms with Crippen LogP contribution < -0.4 is 4.90 Å². The maximum Gasteiger partial charge on any atom is 0.262 e. The number of para-hydroxylation sites is 1. The zero-order valence-electron chi connectivity index (χ0n) is 18.1. The molecule has 2 aliphatic rings. The minimum atomic E-state index is -0.838. The summed E-state index contributed by atoms with van der Waals surface area (Å²) < 4.78 is 0. The highest BCUT2D eigenvalue weighted by molar-refractivity contribution is 6.22. The van der Waals surface area contributed by atoms with Crippen molar-refractivity contribution in [1.82, 2.24) is 14.8 Å². The Labute approximate surface area is 186 Å². The van der Waals surface area contributed by atoms with E-state index in [2.05, 4.69) is 24.0 Å². The lowest BCUT2D eigenvalue weighted by molar-refractivity contribution is -0.135. The molecule has 1 atom stereocenters. The Bertz CT molecular complexity index is 1210. The first-order chi connectivity index (χ1) is 15.5. The van der Waals surface area contributed by atoms with Crippen LogP contribution in [0.5, 0.6) is 0 Å². The summed E-state index contributed by atoms with van der Waals surface area (Å²) in [4.78, 5) is 48.4. The molecule has 162 valence electrons. The van der Waals surface area contributed by atoms with Crippen LogP contribution >= 0.6 is 0 Å². The number of piperazine rings is 1. The van der Waals surface area contributed by atoms with Gasteiger partial charge in [0.25, 0.3) is 11.8 Å². The predicted octanol–water partition coefficient (Wildman–Crippen LogP) is 2.88. The Kier molecular flexibility index (Phi) is 4.89. The number of rotatable bonds is 3. The van der Waals surface area contributed by atoms with E-state index in [-0.39, 0.29) is 5.91 Å². The highest BCUT2D eigenvalue weighted by Gasteiger charge is 2.42. The second-order valence-corrected chi connectivity index (χ2v) is 8.33. The fraction of sp³-hybridized carbons (Fsp3) is 0.280. The van der Waals surface area contributed by atoms with Crippen LogP contribution in [0.3, 0.4) is 0 Å². The van der Waals surface area contributed by atoms with Crippen molar-refractivity contribution < 1.29 is 14.4 Å². The lowest BCUT2D eigenvalue weighted by atomic mass is 10.1. The molecule has 0 radical (unpaired) electrons. The number of aromatic nitrogens is 1. The van der Waals surface area contributed by atoms with Crippen molar-refractivity contribution in [2.24, 2.45) is 0 Å². The molecule has 2 aliphatic heterocycles. The van der Waals surface area contributed by atoms with Gasteiger partial charge in [0.15, 0.2) is 0 Å². The molecule has 0 bridgehead atoms.